The fourth-order valence-electron chi connectivity index (χ4n) is 2.80. The maximum Gasteiger partial charge on any atom is 0.270 e. The van der Waals surface area contributed by atoms with Crippen molar-refractivity contribution in [1.82, 2.24) is 14.9 Å². The molecule has 3 rings (SSSR count). The monoisotopic (exact) mass is 386 g/mol. The summed E-state index contributed by atoms with van der Waals surface area (Å²) in [4.78, 5) is 21.3. The number of anilines is 1. The number of hydrogen-bond donors (Lipinski definition) is 2. The largest absolute Gasteiger partial charge is 0.303 e. The van der Waals surface area contributed by atoms with E-state index in [9.17, 15) is 10.1 Å². The molecular formula is C22H22N6O. The molecule has 0 spiro atoms. The van der Waals surface area contributed by atoms with Crippen molar-refractivity contribution in [2.45, 2.75) is 13.0 Å². The molecule has 0 bridgehead atoms. The van der Waals surface area contributed by atoms with Crippen molar-refractivity contribution in [2.75, 3.05) is 19.5 Å². The summed E-state index contributed by atoms with van der Waals surface area (Å²) in [6, 6.07) is 19.4. The van der Waals surface area contributed by atoms with Crippen molar-refractivity contribution < 1.29 is 0 Å². The molecule has 3 aromatic rings. The highest BCUT2D eigenvalue weighted by Gasteiger charge is 2.13. The van der Waals surface area contributed by atoms with Gasteiger partial charge in [0.2, 0.25) is 5.95 Å². The number of nitriles is 1. The summed E-state index contributed by atoms with van der Waals surface area (Å²) in [5.74, 6) is 0.168. The summed E-state index contributed by atoms with van der Waals surface area (Å²) in [6.45, 7) is 2.13. The summed E-state index contributed by atoms with van der Waals surface area (Å²) in [5.41, 5.74) is 5.30. The molecule has 0 aliphatic heterocycles. The predicted molar refractivity (Wildman–Crippen MR) is 115 cm³/mol. The van der Waals surface area contributed by atoms with Gasteiger partial charge in [-0.25, -0.2) is 10.4 Å². The summed E-state index contributed by atoms with van der Waals surface area (Å²) in [6.07, 6.45) is 1.66. The molecule has 0 saturated carbocycles. The van der Waals surface area contributed by atoms with Crippen LogP contribution in [-0.4, -0.2) is 35.2 Å². The third-order valence-corrected chi connectivity index (χ3v) is 4.63. The van der Waals surface area contributed by atoms with Crippen molar-refractivity contribution in [3.63, 3.8) is 0 Å². The number of aromatic nitrogens is 2. The van der Waals surface area contributed by atoms with Gasteiger partial charge in [-0.05, 0) is 38.2 Å². The van der Waals surface area contributed by atoms with Gasteiger partial charge < -0.3 is 4.90 Å². The third kappa shape index (κ3) is 4.75. The van der Waals surface area contributed by atoms with Crippen LogP contribution in [0.5, 0.6) is 0 Å². The SMILES string of the molecule is CC(c1cccc(C=NNc2nc(-c3ccccc3)c(C#N)c(=O)[nH]2)c1)N(C)C. The Morgan fingerprint density at radius 3 is 2.66 bits per heavy atom. The van der Waals surface area contributed by atoms with Crippen LogP contribution in [0, 0.1) is 11.3 Å². The van der Waals surface area contributed by atoms with Gasteiger partial charge in [-0.15, -0.1) is 0 Å². The lowest BCUT2D eigenvalue weighted by atomic mass is 10.1. The summed E-state index contributed by atoms with van der Waals surface area (Å²) in [7, 11) is 4.06. The normalized spacial score (nSPS) is 12.1. The summed E-state index contributed by atoms with van der Waals surface area (Å²) < 4.78 is 0. The molecule has 1 atom stereocenters. The Morgan fingerprint density at radius 2 is 1.97 bits per heavy atom. The predicted octanol–water partition coefficient (Wildman–Crippen LogP) is 3.38. The maximum atomic E-state index is 12.3. The molecule has 146 valence electrons. The van der Waals surface area contributed by atoms with Crippen LogP contribution in [-0.2, 0) is 0 Å². The van der Waals surface area contributed by atoms with Crippen LogP contribution in [0.1, 0.15) is 29.7 Å². The topological polar surface area (TPSA) is 97.2 Å². The fourth-order valence-corrected chi connectivity index (χ4v) is 2.80. The standard InChI is InChI=1S/C22H22N6O/c1-15(28(2)3)18-11-7-8-16(12-18)14-24-27-22-25-20(17-9-5-4-6-10-17)19(13-23)21(29)26-22/h4-12,14-15H,1-3H3,(H2,25,26,27,29). The van der Waals surface area contributed by atoms with Crippen molar-refractivity contribution in [3.8, 4) is 17.3 Å². The van der Waals surface area contributed by atoms with E-state index >= 15 is 0 Å². The van der Waals surface area contributed by atoms with Crippen molar-refractivity contribution >= 4 is 12.2 Å². The summed E-state index contributed by atoms with van der Waals surface area (Å²) in [5, 5.41) is 13.5. The number of aromatic amines is 1. The molecule has 7 nitrogen and oxygen atoms in total. The van der Waals surface area contributed by atoms with E-state index in [2.05, 4.69) is 44.5 Å². The Morgan fingerprint density at radius 1 is 1.21 bits per heavy atom. The average Bonchev–Trinajstić information content (AvgIpc) is 2.73. The Balaban J connectivity index is 1.85. The molecule has 0 aliphatic carbocycles. The Bertz CT molecular complexity index is 1110. The van der Waals surface area contributed by atoms with Crippen molar-refractivity contribution in [1.29, 1.82) is 5.26 Å². The Labute approximate surface area is 169 Å². The van der Waals surface area contributed by atoms with Gasteiger partial charge in [0.1, 0.15) is 11.6 Å². The van der Waals surface area contributed by atoms with Crippen LogP contribution in [0.15, 0.2) is 64.5 Å². The van der Waals surface area contributed by atoms with Gasteiger partial charge in [0, 0.05) is 11.6 Å². The van der Waals surface area contributed by atoms with Gasteiger partial charge in [-0.1, -0.05) is 48.5 Å². The van der Waals surface area contributed by atoms with Crippen LogP contribution in [0.2, 0.25) is 0 Å². The number of nitrogens with zero attached hydrogens (tertiary/aromatic N) is 4. The molecule has 0 amide bonds. The highest BCUT2D eigenvalue weighted by Crippen LogP contribution is 2.20. The molecule has 1 aromatic heterocycles. The number of benzene rings is 2. The minimum absolute atomic E-state index is 0.0314. The molecule has 29 heavy (non-hydrogen) atoms. The first-order valence-electron chi connectivity index (χ1n) is 9.15. The van der Waals surface area contributed by atoms with Gasteiger partial charge in [0.05, 0.1) is 11.9 Å². The van der Waals surface area contributed by atoms with E-state index in [-0.39, 0.29) is 17.6 Å². The molecule has 0 saturated heterocycles. The van der Waals surface area contributed by atoms with Crippen LogP contribution >= 0.6 is 0 Å². The van der Waals surface area contributed by atoms with Crippen molar-refractivity contribution in [2.24, 2.45) is 5.10 Å². The van der Waals surface area contributed by atoms with Gasteiger partial charge >= 0.3 is 0 Å². The lowest BCUT2D eigenvalue weighted by Crippen LogP contribution is -2.16. The Kier molecular flexibility index (Phi) is 6.17. The van der Waals surface area contributed by atoms with Gasteiger partial charge in [-0.3, -0.25) is 9.78 Å². The first-order chi connectivity index (χ1) is 14.0. The van der Waals surface area contributed by atoms with E-state index < -0.39 is 5.56 Å². The van der Waals surface area contributed by atoms with Gasteiger partial charge in [0.15, 0.2) is 0 Å². The minimum atomic E-state index is -0.513. The highest BCUT2D eigenvalue weighted by molar-refractivity contribution is 5.80. The zero-order valence-corrected chi connectivity index (χ0v) is 16.5. The van der Waals surface area contributed by atoms with Crippen LogP contribution in [0.3, 0.4) is 0 Å². The van der Waals surface area contributed by atoms with E-state index in [1.807, 2.05) is 50.5 Å². The van der Waals surface area contributed by atoms with Crippen LogP contribution in [0.25, 0.3) is 11.3 Å². The second-order valence-corrected chi connectivity index (χ2v) is 6.80. The highest BCUT2D eigenvalue weighted by atomic mass is 16.1. The van der Waals surface area contributed by atoms with Gasteiger partial charge in [0.25, 0.3) is 5.56 Å². The quantitative estimate of drug-likeness (QED) is 0.500. The molecule has 0 fully saturated rings. The molecule has 0 aliphatic rings. The van der Waals surface area contributed by atoms with E-state index in [0.29, 0.717) is 11.3 Å². The first kappa shape index (κ1) is 20.0. The molecule has 0 radical (unpaired) electrons. The van der Waals surface area contributed by atoms with Gasteiger partial charge in [-0.2, -0.15) is 10.4 Å². The van der Waals surface area contributed by atoms with Crippen LogP contribution in [0.4, 0.5) is 5.95 Å². The maximum absolute atomic E-state index is 12.3. The molecule has 1 unspecified atom stereocenters. The van der Waals surface area contributed by atoms with E-state index in [0.717, 1.165) is 5.56 Å². The van der Waals surface area contributed by atoms with E-state index in [1.54, 1.807) is 18.3 Å². The van der Waals surface area contributed by atoms with E-state index in [1.165, 1.54) is 5.56 Å². The summed E-state index contributed by atoms with van der Waals surface area (Å²) >= 11 is 0. The minimum Gasteiger partial charge on any atom is -0.303 e. The first-order valence-corrected chi connectivity index (χ1v) is 9.15. The Hall–Kier alpha value is -3.76. The lowest BCUT2D eigenvalue weighted by molar-refractivity contribution is 0.321. The molecule has 2 N–H and O–H groups in total. The lowest BCUT2D eigenvalue weighted by Gasteiger charge is -2.20. The second kappa shape index (κ2) is 8.95. The zero-order chi connectivity index (χ0) is 20.8. The zero-order valence-electron chi connectivity index (χ0n) is 16.5. The van der Waals surface area contributed by atoms with Crippen molar-refractivity contribution in [3.05, 3.63) is 81.6 Å². The molecule has 2 aromatic carbocycles. The van der Waals surface area contributed by atoms with E-state index in [4.69, 9.17) is 0 Å². The number of hydrogen-bond acceptors (Lipinski definition) is 6. The second-order valence-electron chi connectivity index (χ2n) is 6.80. The number of rotatable bonds is 6. The molecule has 1 heterocycles. The fraction of sp³-hybridized carbons (Fsp3) is 0.182. The molecular weight excluding hydrogens is 364 g/mol. The smallest absolute Gasteiger partial charge is 0.270 e. The van der Waals surface area contributed by atoms with Crippen LogP contribution < -0.4 is 11.0 Å². The number of hydrazone groups is 1. The number of nitrogens with one attached hydrogen (secondary N) is 2. The average molecular weight is 386 g/mol. The third-order valence-electron chi connectivity index (χ3n) is 4.63. The molecule has 7 heteroatoms. The number of H-pyrrole nitrogens is 1.